The third-order valence-corrected chi connectivity index (χ3v) is 6.50. The zero-order chi connectivity index (χ0) is 27.1. The predicted octanol–water partition coefficient (Wildman–Crippen LogP) is 4.14. The van der Waals surface area contributed by atoms with Crippen LogP contribution in [-0.2, 0) is 14.3 Å². The van der Waals surface area contributed by atoms with Crippen LogP contribution in [0.1, 0.15) is 29.3 Å². The van der Waals surface area contributed by atoms with Crippen LogP contribution in [0.15, 0.2) is 83.0 Å². The average molecular weight is 533 g/mol. The van der Waals surface area contributed by atoms with E-state index in [4.69, 9.17) is 4.74 Å². The van der Waals surface area contributed by atoms with Gasteiger partial charge in [0.15, 0.2) is 5.17 Å². The lowest BCUT2D eigenvalue weighted by Crippen LogP contribution is -2.33. The fraction of sp³-hybridized carbons (Fsp3) is 0.148. The predicted molar refractivity (Wildman–Crippen MR) is 146 cm³/mol. The summed E-state index contributed by atoms with van der Waals surface area (Å²) in [6.07, 6.45) is 1.22. The van der Waals surface area contributed by atoms with Crippen molar-refractivity contribution >= 4 is 52.3 Å². The first-order chi connectivity index (χ1) is 18.4. The number of aromatic hydroxyl groups is 2. The second-order valence-electron chi connectivity index (χ2n) is 8.03. The van der Waals surface area contributed by atoms with Crippen LogP contribution in [-0.4, -0.2) is 51.2 Å². The first kappa shape index (κ1) is 26.4. The normalized spacial score (nSPS) is 16.2. The van der Waals surface area contributed by atoms with E-state index in [0.717, 1.165) is 11.8 Å². The molecule has 194 valence electrons. The van der Waals surface area contributed by atoms with Crippen LogP contribution in [0.2, 0.25) is 0 Å². The quantitative estimate of drug-likeness (QED) is 0.225. The van der Waals surface area contributed by atoms with E-state index in [2.05, 4.69) is 15.5 Å². The number of phenols is 2. The van der Waals surface area contributed by atoms with Crippen LogP contribution in [0, 0.1) is 0 Å². The van der Waals surface area contributed by atoms with Gasteiger partial charge in [-0.1, -0.05) is 23.9 Å². The molecule has 1 atom stereocenters. The number of amidine groups is 1. The summed E-state index contributed by atoms with van der Waals surface area (Å²) in [5.41, 5.74) is 1.73. The van der Waals surface area contributed by atoms with Gasteiger partial charge in [0.1, 0.15) is 16.7 Å². The zero-order valence-electron chi connectivity index (χ0n) is 20.3. The van der Waals surface area contributed by atoms with Crippen molar-refractivity contribution in [1.82, 2.24) is 0 Å². The molecule has 0 aromatic heterocycles. The van der Waals surface area contributed by atoms with Crippen LogP contribution >= 0.6 is 11.8 Å². The van der Waals surface area contributed by atoms with E-state index in [9.17, 15) is 24.6 Å². The molecule has 1 aliphatic rings. The number of thioether (sulfide) groups is 1. The number of hydrogen-bond acceptors (Lipinski definition) is 9. The molecule has 0 saturated carbocycles. The standard InChI is InChI=1S/C27H24N4O6S/c1-2-37-26(36)17-7-9-19(10-8-17)29-24(34)15-23-25(35)31(20-11-13-21(32)14-12-20)27(38-23)30-28-16-18-5-3-4-6-22(18)33/h3-14,16,23,32-33H,2,15H2,1H3,(H,29,34). The fourth-order valence-electron chi connectivity index (χ4n) is 3.53. The Morgan fingerprint density at radius 1 is 1.05 bits per heavy atom. The van der Waals surface area contributed by atoms with Crippen LogP contribution in [0.25, 0.3) is 0 Å². The van der Waals surface area contributed by atoms with E-state index in [0.29, 0.717) is 22.5 Å². The minimum Gasteiger partial charge on any atom is -0.508 e. The molecule has 0 aliphatic carbocycles. The van der Waals surface area contributed by atoms with Crippen molar-refractivity contribution < 1.29 is 29.3 Å². The summed E-state index contributed by atoms with van der Waals surface area (Å²) < 4.78 is 4.95. The van der Waals surface area contributed by atoms with Crippen LogP contribution < -0.4 is 10.2 Å². The number of nitrogens with one attached hydrogen (secondary N) is 1. The maximum atomic E-state index is 13.3. The number of rotatable bonds is 8. The molecule has 11 heteroatoms. The number of amides is 2. The maximum Gasteiger partial charge on any atom is 0.338 e. The first-order valence-electron chi connectivity index (χ1n) is 11.6. The van der Waals surface area contributed by atoms with Gasteiger partial charge in [0.2, 0.25) is 11.8 Å². The van der Waals surface area contributed by atoms with Gasteiger partial charge in [-0.2, -0.15) is 5.10 Å². The number of nitrogens with zero attached hydrogens (tertiary/aromatic N) is 3. The van der Waals surface area contributed by atoms with E-state index in [-0.39, 0.29) is 35.6 Å². The number of benzene rings is 3. The molecule has 1 unspecified atom stereocenters. The number of ether oxygens (including phenoxy) is 1. The summed E-state index contributed by atoms with van der Waals surface area (Å²) in [6, 6.07) is 18.9. The Morgan fingerprint density at radius 2 is 1.76 bits per heavy atom. The van der Waals surface area contributed by atoms with Crippen molar-refractivity contribution in [3.8, 4) is 11.5 Å². The Morgan fingerprint density at radius 3 is 2.45 bits per heavy atom. The summed E-state index contributed by atoms with van der Waals surface area (Å²) >= 11 is 1.08. The van der Waals surface area contributed by atoms with Gasteiger partial charge in [-0.15, -0.1) is 5.10 Å². The monoisotopic (exact) mass is 532 g/mol. The number of anilines is 2. The highest BCUT2D eigenvalue weighted by atomic mass is 32.2. The molecule has 1 aliphatic heterocycles. The topological polar surface area (TPSA) is 141 Å². The molecular weight excluding hydrogens is 508 g/mol. The second kappa shape index (κ2) is 12.1. The largest absolute Gasteiger partial charge is 0.508 e. The molecule has 38 heavy (non-hydrogen) atoms. The van der Waals surface area contributed by atoms with Crippen molar-refractivity contribution in [2.75, 3.05) is 16.8 Å². The van der Waals surface area contributed by atoms with Crippen molar-refractivity contribution in [2.24, 2.45) is 10.2 Å². The molecule has 4 rings (SSSR count). The molecule has 1 saturated heterocycles. The van der Waals surface area contributed by atoms with E-state index in [1.165, 1.54) is 29.3 Å². The number of esters is 1. The molecular formula is C27H24N4O6S. The van der Waals surface area contributed by atoms with Gasteiger partial charge in [0, 0.05) is 17.7 Å². The third-order valence-electron chi connectivity index (χ3n) is 5.37. The number of carbonyl (C=O) groups excluding carboxylic acids is 3. The molecule has 3 N–H and O–H groups in total. The lowest BCUT2D eigenvalue weighted by molar-refractivity contribution is -0.121. The van der Waals surface area contributed by atoms with Gasteiger partial charge in [-0.25, -0.2) is 4.79 Å². The number of para-hydroxylation sites is 1. The fourth-order valence-corrected chi connectivity index (χ4v) is 4.62. The highest BCUT2D eigenvalue weighted by molar-refractivity contribution is 8.16. The lowest BCUT2D eigenvalue weighted by Gasteiger charge is -2.16. The Labute approximate surface area is 222 Å². The molecule has 0 radical (unpaired) electrons. The molecule has 1 fully saturated rings. The molecule has 1 heterocycles. The minimum absolute atomic E-state index is 0.0341. The van der Waals surface area contributed by atoms with Crippen molar-refractivity contribution in [2.45, 2.75) is 18.6 Å². The van der Waals surface area contributed by atoms with E-state index in [1.54, 1.807) is 61.5 Å². The average Bonchev–Trinajstić information content (AvgIpc) is 3.20. The SMILES string of the molecule is CCOC(=O)c1ccc(NC(=O)CC2SC(=NN=Cc3ccccc3O)N(c3ccc(O)cc3)C2=O)cc1. The second-order valence-corrected chi connectivity index (χ2v) is 9.20. The number of hydrogen-bond donors (Lipinski definition) is 3. The first-order valence-corrected chi connectivity index (χ1v) is 12.5. The summed E-state index contributed by atoms with van der Waals surface area (Å²) in [4.78, 5) is 39.2. The van der Waals surface area contributed by atoms with Gasteiger partial charge in [0.05, 0.1) is 24.1 Å². The highest BCUT2D eigenvalue weighted by Crippen LogP contribution is 2.34. The Kier molecular flexibility index (Phi) is 8.39. The minimum atomic E-state index is -0.776. The zero-order valence-corrected chi connectivity index (χ0v) is 21.1. The smallest absolute Gasteiger partial charge is 0.338 e. The van der Waals surface area contributed by atoms with Gasteiger partial charge in [-0.3, -0.25) is 14.5 Å². The van der Waals surface area contributed by atoms with Gasteiger partial charge >= 0.3 is 5.97 Å². The van der Waals surface area contributed by atoms with Crippen molar-refractivity contribution in [3.05, 3.63) is 83.9 Å². The van der Waals surface area contributed by atoms with Gasteiger partial charge in [-0.05, 0) is 67.6 Å². The van der Waals surface area contributed by atoms with E-state index in [1.807, 2.05) is 0 Å². The summed E-state index contributed by atoms with van der Waals surface area (Å²) in [5.74, 6) is -1.15. The van der Waals surface area contributed by atoms with Crippen molar-refractivity contribution in [3.63, 3.8) is 0 Å². The van der Waals surface area contributed by atoms with E-state index < -0.39 is 17.1 Å². The molecule has 0 bridgehead atoms. The Hall–Kier alpha value is -4.64. The number of phenolic OH excluding ortho intramolecular Hbond substituents is 2. The molecule has 2 amide bonds. The van der Waals surface area contributed by atoms with Gasteiger partial charge in [0.25, 0.3) is 0 Å². The van der Waals surface area contributed by atoms with Crippen LogP contribution in [0.4, 0.5) is 11.4 Å². The van der Waals surface area contributed by atoms with E-state index >= 15 is 0 Å². The highest BCUT2D eigenvalue weighted by Gasteiger charge is 2.40. The van der Waals surface area contributed by atoms with Gasteiger partial charge < -0.3 is 20.3 Å². The Balaban J connectivity index is 1.49. The van der Waals surface area contributed by atoms with Crippen molar-refractivity contribution in [1.29, 1.82) is 0 Å². The third kappa shape index (κ3) is 6.37. The lowest BCUT2D eigenvalue weighted by atomic mass is 10.2. The molecule has 3 aromatic carbocycles. The molecule has 10 nitrogen and oxygen atoms in total. The molecule has 0 spiro atoms. The summed E-state index contributed by atoms with van der Waals surface area (Å²) in [7, 11) is 0. The van der Waals surface area contributed by atoms with Crippen LogP contribution in [0.5, 0.6) is 11.5 Å². The Bertz CT molecular complexity index is 1390. The molecule has 3 aromatic rings. The van der Waals surface area contributed by atoms with Crippen LogP contribution in [0.3, 0.4) is 0 Å². The maximum absolute atomic E-state index is 13.3. The summed E-state index contributed by atoms with van der Waals surface area (Å²) in [6.45, 7) is 1.98. The number of carbonyl (C=O) groups is 3. The summed E-state index contributed by atoms with van der Waals surface area (Å²) in [5, 5.41) is 30.0.